The van der Waals surface area contributed by atoms with Crippen LogP contribution in [0.3, 0.4) is 0 Å². The number of hydrogen-bond acceptors (Lipinski definition) is 4. The van der Waals surface area contributed by atoms with Crippen LogP contribution in [-0.4, -0.2) is 23.8 Å². The fourth-order valence-corrected chi connectivity index (χ4v) is 5.24. The molecule has 5 unspecified atom stereocenters. The number of piperidine rings is 1. The SMILES string of the molecule is COc1ccc(C)cc1CC1C2CC(C(=O)O)C(N)(C2)NC1c1ccccc1. The topological polar surface area (TPSA) is 84.6 Å². The van der Waals surface area contributed by atoms with E-state index in [0.717, 1.165) is 17.7 Å². The fourth-order valence-electron chi connectivity index (χ4n) is 5.24. The van der Waals surface area contributed by atoms with Gasteiger partial charge in [-0.3, -0.25) is 10.1 Å². The molecule has 2 aromatic rings. The van der Waals surface area contributed by atoms with Crippen molar-refractivity contribution in [3.8, 4) is 5.75 Å². The molecule has 0 radical (unpaired) electrons. The highest BCUT2D eigenvalue weighted by Crippen LogP contribution is 2.51. The molecule has 28 heavy (non-hydrogen) atoms. The van der Waals surface area contributed by atoms with Gasteiger partial charge in [0, 0.05) is 6.04 Å². The van der Waals surface area contributed by atoms with Gasteiger partial charge in [0.25, 0.3) is 0 Å². The first-order chi connectivity index (χ1) is 13.4. The Kier molecular flexibility index (Phi) is 4.89. The van der Waals surface area contributed by atoms with E-state index in [0.29, 0.717) is 12.8 Å². The molecule has 1 aliphatic carbocycles. The number of carboxylic acids is 1. The number of carbonyl (C=O) groups is 1. The Morgan fingerprint density at radius 3 is 2.71 bits per heavy atom. The van der Waals surface area contributed by atoms with E-state index in [1.807, 2.05) is 24.3 Å². The maximum Gasteiger partial charge on any atom is 0.309 e. The second kappa shape index (κ2) is 7.22. The summed E-state index contributed by atoms with van der Waals surface area (Å²) in [6.07, 6.45) is 2.12. The molecule has 1 aliphatic heterocycles. The minimum atomic E-state index is -0.857. The van der Waals surface area contributed by atoms with E-state index in [-0.39, 0.29) is 17.9 Å². The number of aliphatic carboxylic acids is 1. The average molecular weight is 380 g/mol. The molecule has 0 aromatic heterocycles. The van der Waals surface area contributed by atoms with Crippen LogP contribution in [0, 0.1) is 24.7 Å². The van der Waals surface area contributed by atoms with Crippen LogP contribution in [0.5, 0.6) is 5.75 Å². The molecule has 5 nitrogen and oxygen atoms in total. The quantitative estimate of drug-likeness (QED) is 0.741. The average Bonchev–Trinajstić information content (AvgIpc) is 2.97. The van der Waals surface area contributed by atoms with Crippen molar-refractivity contribution in [2.24, 2.45) is 23.5 Å². The fraction of sp³-hybridized carbons (Fsp3) is 0.435. The van der Waals surface area contributed by atoms with Gasteiger partial charge in [-0.2, -0.15) is 0 Å². The first-order valence-corrected chi connectivity index (χ1v) is 9.89. The number of ether oxygens (including phenoxy) is 1. The minimum absolute atomic E-state index is 0.0134. The zero-order valence-electron chi connectivity index (χ0n) is 16.4. The lowest BCUT2D eigenvalue weighted by atomic mass is 9.74. The molecule has 2 bridgehead atoms. The number of fused-ring (bicyclic) bond motifs is 2. The van der Waals surface area contributed by atoms with Crippen molar-refractivity contribution in [2.75, 3.05) is 7.11 Å². The van der Waals surface area contributed by atoms with Gasteiger partial charge in [0.15, 0.2) is 0 Å². The van der Waals surface area contributed by atoms with Gasteiger partial charge in [-0.1, -0.05) is 48.0 Å². The van der Waals surface area contributed by atoms with Gasteiger partial charge >= 0.3 is 5.97 Å². The molecule has 5 atom stereocenters. The third-order valence-corrected chi connectivity index (χ3v) is 6.57. The number of aryl methyl sites for hydroxylation is 1. The Balaban J connectivity index is 1.73. The number of methoxy groups -OCH3 is 1. The van der Waals surface area contributed by atoms with Crippen LogP contribution in [0.1, 0.15) is 35.6 Å². The van der Waals surface area contributed by atoms with Crippen molar-refractivity contribution >= 4 is 5.97 Å². The van der Waals surface area contributed by atoms with Gasteiger partial charge in [0.2, 0.25) is 0 Å². The highest BCUT2D eigenvalue weighted by atomic mass is 16.5. The zero-order chi connectivity index (χ0) is 19.9. The molecule has 4 N–H and O–H groups in total. The van der Waals surface area contributed by atoms with Gasteiger partial charge in [0.05, 0.1) is 18.7 Å². The molecule has 5 heteroatoms. The maximum absolute atomic E-state index is 11.9. The van der Waals surface area contributed by atoms with Crippen LogP contribution in [0.4, 0.5) is 0 Å². The Bertz CT molecular complexity index is 869. The Morgan fingerprint density at radius 2 is 2.04 bits per heavy atom. The van der Waals surface area contributed by atoms with Crippen molar-refractivity contribution in [1.82, 2.24) is 5.32 Å². The number of nitrogens with one attached hydrogen (secondary N) is 1. The standard InChI is InChI=1S/C23H28N2O3/c1-14-8-9-20(28-2)16(10-14)11-18-17-12-19(22(26)27)23(24,13-17)25-21(18)15-6-4-3-5-7-15/h3-10,17-19,21,25H,11-13,24H2,1-2H3,(H,26,27). The van der Waals surface area contributed by atoms with Gasteiger partial charge in [-0.25, -0.2) is 0 Å². The largest absolute Gasteiger partial charge is 0.496 e. The smallest absolute Gasteiger partial charge is 0.309 e. The molecule has 2 aliphatic rings. The summed E-state index contributed by atoms with van der Waals surface area (Å²) in [6.45, 7) is 2.08. The summed E-state index contributed by atoms with van der Waals surface area (Å²) in [5.74, 6) is 0.0166. The third-order valence-electron chi connectivity index (χ3n) is 6.57. The van der Waals surface area contributed by atoms with Crippen molar-refractivity contribution in [2.45, 2.75) is 37.9 Å². The monoisotopic (exact) mass is 380 g/mol. The normalized spacial score (nSPS) is 31.5. The number of rotatable bonds is 5. The molecule has 1 saturated carbocycles. The van der Waals surface area contributed by atoms with Crippen molar-refractivity contribution in [1.29, 1.82) is 0 Å². The number of hydrogen-bond donors (Lipinski definition) is 3. The van der Waals surface area contributed by atoms with Crippen LogP contribution in [0.15, 0.2) is 48.5 Å². The number of carboxylic acid groups (broad SMARTS) is 1. The lowest BCUT2D eigenvalue weighted by Gasteiger charge is -2.44. The maximum atomic E-state index is 11.9. The second-order valence-corrected chi connectivity index (χ2v) is 8.35. The molecule has 2 fully saturated rings. The molecule has 0 amide bonds. The summed E-state index contributed by atoms with van der Waals surface area (Å²) >= 11 is 0. The summed E-state index contributed by atoms with van der Waals surface area (Å²) in [5.41, 5.74) is 9.25. The van der Waals surface area contributed by atoms with Crippen LogP contribution in [-0.2, 0) is 11.2 Å². The highest BCUT2D eigenvalue weighted by Gasteiger charge is 2.56. The van der Waals surface area contributed by atoms with Gasteiger partial charge in [-0.05, 0) is 55.2 Å². The Morgan fingerprint density at radius 1 is 1.29 bits per heavy atom. The lowest BCUT2D eigenvalue weighted by molar-refractivity contribution is -0.143. The molecule has 148 valence electrons. The molecule has 2 aromatic carbocycles. The lowest BCUT2D eigenvalue weighted by Crippen LogP contribution is -2.62. The zero-order valence-corrected chi connectivity index (χ0v) is 16.4. The van der Waals surface area contributed by atoms with E-state index in [1.54, 1.807) is 7.11 Å². The van der Waals surface area contributed by atoms with Crippen molar-refractivity contribution < 1.29 is 14.6 Å². The molecular weight excluding hydrogens is 352 g/mol. The molecule has 0 spiro atoms. The first kappa shape index (κ1) is 19.0. The number of nitrogens with two attached hydrogens (primary N) is 1. The predicted octanol–water partition coefficient (Wildman–Crippen LogP) is 3.27. The van der Waals surface area contributed by atoms with E-state index >= 15 is 0 Å². The summed E-state index contributed by atoms with van der Waals surface area (Å²) in [5, 5.41) is 13.3. The van der Waals surface area contributed by atoms with Crippen LogP contribution in [0.2, 0.25) is 0 Å². The summed E-state index contributed by atoms with van der Waals surface area (Å²) in [6, 6.07) is 16.5. The van der Waals surface area contributed by atoms with Crippen LogP contribution < -0.4 is 15.8 Å². The van der Waals surface area contributed by atoms with Crippen molar-refractivity contribution in [3.63, 3.8) is 0 Å². The second-order valence-electron chi connectivity index (χ2n) is 8.35. The third kappa shape index (κ3) is 3.29. The van der Waals surface area contributed by atoms with E-state index in [1.165, 1.54) is 11.1 Å². The summed E-state index contributed by atoms with van der Waals surface area (Å²) < 4.78 is 5.60. The molecular formula is C23H28N2O3. The van der Waals surface area contributed by atoms with E-state index in [9.17, 15) is 9.90 Å². The van der Waals surface area contributed by atoms with Crippen LogP contribution in [0.25, 0.3) is 0 Å². The Hall–Kier alpha value is -2.37. The highest BCUT2D eigenvalue weighted by molar-refractivity contribution is 5.72. The van der Waals surface area contributed by atoms with E-state index < -0.39 is 17.6 Å². The predicted molar refractivity (Wildman–Crippen MR) is 108 cm³/mol. The van der Waals surface area contributed by atoms with E-state index in [2.05, 4.69) is 36.5 Å². The summed E-state index contributed by atoms with van der Waals surface area (Å²) in [7, 11) is 1.70. The molecule has 4 rings (SSSR count). The number of benzene rings is 2. The Labute approximate surface area is 165 Å². The van der Waals surface area contributed by atoms with Gasteiger partial charge in [-0.15, -0.1) is 0 Å². The van der Waals surface area contributed by atoms with Crippen LogP contribution >= 0.6 is 0 Å². The first-order valence-electron chi connectivity index (χ1n) is 9.89. The summed E-state index contributed by atoms with van der Waals surface area (Å²) in [4.78, 5) is 11.9. The van der Waals surface area contributed by atoms with Gasteiger partial charge < -0.3 is 15.6 Å². The van der Waals surface area contributed by atoms with E-state index in [4.69, 9.17) is 10.5 Å². The molecule has 1 saturated heterocycles. The molecule has 1 heterocycles. The van der Waals surface area contributed by atoms with Crippen molar-refractivity contribution in [3.05, 3.63) is 65.2 Å². The minimum Gasteiger partial charge on any atom is -0.496 e. The van der Waals surface area contributed by atoms with Gasteiger partial charge in [0.1, 0.15) is 5.75 Å².